The molecule has 4 heteroatoms. The molecule has 0 saturated carbocycles. The van der Waals surface area contributed by atoms with Crippen molar-refractivity contribution in [3.63, 3.8) is 0 Å². The fraction of sp³-hybridized carbons (Fsp3) is 0.706. The number of hydrogen-bond acceptors (Lipinski definition) is 4. The molecule has 0 spiro atoms. The Morgan fingerprint density at radius 1 is 1.29 bits per heavy atom. The van der Waals surface area contributed by atoms with Crippen LogP contribution in [0.1, 0.15) is 45.4 Å². The van der Waals surface area contributed by atoms with E-state index in [1.165, 1.54) is 5.56 Å². The highest BCUT2D eigenvalue weighted by Gasteiger charge is 2.18. The number of methoxy groups -OCH3 is 1. The molecule has 0 amide bonds. The Morgan fingerprint density at radius 2 is 2.00 bits per heavy atom. The van der Waals surface area contributed by atoms with Crippen LogP contribution in [0.4, 0.5) is 5.82 Å². The van der Waals surface area contributed by atoms with Crippen molar-refractivity contribution in [2.24, 2.45) is 0 Å². The molecule has 0 aliphatic heterocycles. The lowest BCUT2D eigenvalue weighted by Crippen LogP contribution is -2.25. The summed E-state index contributed by atoms with van der Waals surface area (Å²) >= 11 is 0. The predicted octanol–water partition coefficient (Wildman–Crippen LogP) is 2.96. The summed E-state index contributed by atoms with van der Waals surface area (Å²) in [6.07, 6.45) is 1.15. The first-order chi connectivity index (χ1) is 9.88. The molecule has 1 heterocycles. The van der Waals surface area contributed by atoms with E-state index in [9.17, 15) is 0 Å². The monoisotopic (exact) mass is 293 g/mol. The van der Waals surface area contributed by atoms with Crippen LogP contribution in [0.5, 0.6) is 0 Å². The first-order valence-corrected chi connectivity index (χ1v) is 7.80. The van der Waals surface area contributed by atoms with E-state index in [1.807, 2.05) is 0 Å². The van der Waals surface area contributed by atoms with Gasteiger partial charge in [-0.1, -0.05) is 27.7 Å². The van der Waals surface area contributed by atoms with Gasteiger partial charge in [0.05, 0.1) is 6.61 Å². The minimum absolute atomic E-state index is 0.0532. The van der Waals surface area contributed by atoms with Gasteiger partial charge in [0.2, 0.25) is 0 Å². The van der Waals surface area contributed by atoms with Gasteiger partial charge in [-0.2, -0.15) is 0 Å². The molecule has 1 aromatic heterocycles. The smallest absolute Gasteiger partial charge is 0.128 e. The van der Waals surface area contributed by atoms with Crippen LogP contribution < -0.4 is 10.2 Å². The second-order valence-electron chi connectivity index (χ2n) is 6.56. The third kappa shape index (κ3) is 6.02. The highest BCUT2D eigenvalue weighted by molar-refractivity contribution is 5.43. The second-order valence-corrected chi connectivity index (χ2v) is 6.56. The van der Waals surface area contributed by atoms with Crippen LogP contribution in [0, 0.1) is 0 Å². The Hall–Kier alpha value is -1.13. The average Bonchev–Trinajstić information content (AvgIpc) is 2.43. The SMILES string of the molecule is CCCNCc1cc(N(C)CCOC)nc(C(C)(C)C)c1. The Balaban J connectivity index is 2.97. The van der Waals surface area contributed by atoms with E-state index in [-0.39, 0.29) is 5.41 Å². The number of ether oxygens (including phenoxy) is 1. The quantitative estimate of drug-likeness (QED) is 0.748. The van der Waals surface area contributed by atoms with Gasteiger partial charge in [0.1, 0.15) is 5.82 Å². The zero-order valence-corrected chi connectivity index (χ0v) is 14.5. The van der Waals surface area contributed by atoms with Crippen LogP contribution in [0.25, 0.3) is 0 Å². The van der Waals surface area contributed by atoms with E-state index in [2.05, 4.69) is 57.1 Å². The number of anilines is 1. The molecule has 0 bridgehead atoms. The van der Waals surface area contributed by atoms with Crippen molar-refractivity contribution in [3.05, 3.63) is 23.4 Å². The number of nitrogens with zero attached hydrogens (tertiary/aromatic N) is 2. The average molecular weight is 293 g/mol. The molecule has 0 aromatic carbocycles. The van der Waals surface area contributed by atoms with Crippen LogP contribution in [-0.4, -0.2) is 38.8 Å². The van der Waals surface area contributed by atoms with Crippen molar-refractivity contribution in [1.82, 2.24) is 10.3 Å². The first-order valence-electron chi connectivity index (χ1n) is 7.80. The van der Waals surface area contributed by atoms with E-state index >= 15 is 0 Å². The topological polar surface area (TPSA) is 37.4 Å². The van der Waals surface area contributed by atoms with Crippen molar-refractivity contribution in [1.29, 1.82) is 0 Å². The molecule has 0 fully saturated rings. The summed E-state index contributed by atoms with van der Waals surface area (Å²) in [5.41, 5.74) is 2.48. The summed E-state index contributed by atoms with van der Waals surface area (Å²) in [4.78, 5) is 6.98. The molecular weight excluding hydrogens is 262 g/mol. The molecule has 0 radical (unpaired) electrons. The van der Waals surface area contributed by atoms with Gasteiger partial charge in [-0.15, -0.1) is 0 Å². The van der Waals surface area contributed by atoms with E-state index in [1.54, 1.807) is 7.11 Å². The van der Waals surface area contributed by atoms with Gasteiger partial charge in [-0.05, 0) is 30.7 Å². The molecule has 0 saturated heterocycles. The van der Waals surface area contributed by atoms with Crippen LogP contribution in [-0.2, 0) is 16.7 Å². The largest absolute Gasteiger partial charge is 0.383 e. The lowest BCUT2D eigenvalue weighted by molar-refractivity contribution is 0.206. The molecular formula is C17H31N3O. The molecule has 120 valence electrons. The zero-order valence-electron chi connectivity index (χ0n) is 14.5. The standard InChI is InChI=1S/C17H31N3O/c1-7-8-18-13-14-11-15(17(2,3)4)19-16(12-14)20(5)9-10-21-6/h11-12,18H,7-10,13H2,1-6H3. The lowest BCUT2D eigenvalue weighted by atomic mass is 9.90. The van der Waals surface area contributed by atoms with Gasteiger partial charge in [0.15, 0.2) is 0 Å². The van der Waals surface area contributed by atoms with Crippen LogP contribution in [0.2, 0.25) is 0 Å². The third-order valence-corrected chi connectivity index (χ3v) is 3.42. The number of nitrogens with one attached hydrogen (secondary N) is 1. The molecule has 0 aliphatic carbocycles. The maximum absolute atomic E-state index is 5.16. The maximum atomic E-state index is 5.16. The minimum atomic E-state index is 0.0532. The summed E-state index contributed by atoms with van der Waals surface area (Å²) in [5, 5.41) is 3.47. The normalized spacial score (nSPS) is 11.7. The van der Waals surface area contributed by atoms with Gasteiger partial charge in [-0.25, -0.2) is 4.98 Å². The van der Waals surface area contributed by atoms with Gasteiger partial charge in [0.25, 0.3) is 0 Å². The fourth-order valence-corrected chi connectivity index (χ4v) is 2.01. The third-order valence-electron chi connectivity index (χ3n) is 3.42. The van der Waals surface area contributed by atoms with Crippen molar-refractivity contribution in [3.8, 4) is 0 Å². The molecule has 0 aliphatic rings. The first kappa shape index (κ1) is 17.9. The highest BCUT2D eigenvalue weighted by atomic mass is 16.5. The summed E-state index contributed by atoms with van der Waals surface area (Å²) in [6.45, 7) is 12.3. The molecule has 4 nitrogen and oxygen atoms in total. The number of pyridine rings is 1. The fourth-order valence-electron chi connectivity index (χ4n) is 2.01. The Kier molecular flexibility index (Phi) is 7.12. The van der Waals surface area contributed by atoms with Crippen molar-refractivity contribution < 1.29 is 4.74 Å². The van der Waals surface area contributed by atoms with E-state index in [0.717, 1.165) is 37.6 Å². The summed E-state index contributed by atoms with van der Waals surface area (Å²) < 4.78 is 5.16. The van der Waals surface area contributed by atoms with E-state index in [0.29, 0.717) is 6.61 Å². The Morgan fingerprint density at radius 3 is 2.57 bits per heavy atom. The van der Waals surface area contributed by atoms with Gasteiger partial charge in [-0.3, -0.25) is 0 Å². The molecule has 21 heavy (non-hydrogen) atoms. The van der Waals surface area contributed by atoms with Crippen molar-refractivity contribution >= 4 is 5.82 Å². The highest BCUT2D eigenvalue weighted by Crippen LogP contribution is 2.24. The Bertz CT molecular complexity index is 427. The Labute approximate surface area is 129 Å². The minimum Gasteiger partial charge on any atom is -0.383 e. The summed E-state index contributed by atoms with van der Waals surface area (Å²) in [5.74, 6) is 1.02. The van der Waals surface area contributed by atoms with Gasteiger partial charge >= 0.3 is 0 Å². The molecule has 0 unspecified atom stereocenters. The molecule has 1 aromatic rings. The van der Waals surface area contributed by atoms with Crippen molar-refractivity contribution in [2.45, 2.75) is 46.1 Å². The second kappa shape index (κ2) is 8.35. The van der Waals surface area contributed by atoms with Gasteiger partial charge < -0.3 is 15.0 Å². The van der Waals surface area contributed by atoms with E-state index in [4.69, 9.17) is 9.72 Å². The van der Waals surface area contributed by atoms with Crippen LogP contribution in [0.3, 0.4) is 0 Å². The number of aromatic nitrogens is 1. The number of likely N-dealkylation sites (N-methyl/N-ethyl adjacent to an activating group) is 1. The lowest BCUT2D eigenvalue weighted by Gasteiger charge is -2.24. The van der Waals surface area contributed by atoms with Crippen molar-refractivity contribution in [2.75, 3.05) is 38.8 Å². The van der Waals surface area contributed by atoms with Crippen LogP contribution in [0.15, 0.2) is 12.1 Å². The predicted molar refractivity (Wildman–Crippen MR) is 90.1 cm³/mol. The van der Waals surface area contributed by atoms with Crippen LogP contribution >= 0.6 is 0 Å². The number of rotatable bonds is 8. The maximum Gasteiger partial charge on any atom is 0.128 e. The summed E-state index contributed by atoms with van der Waals surface area (Å²) in [7, 11) is 3.80. The molecule has 0 atom stereocenters. The van der Waals surface area contributed by atoms with E-state index < -0.39 is 0 Å². The zero-order chi connectivity index (χ0) is 15.9. The number of hydrogen-bond donors (Lipinski definition) is 1. The summed E-state index contributed by atoms with van der Waals surface area (Å²) in [6, 6.07) is 4.39. The van der Waals surface area contributed by atoms with Gasteiger partial charge in [0, 0.05) is 38.4 Å². The molecule has 1 N–H and O–H groups in total. The molecule has 1 rings (SSSR count).